The maximum absolute atomic E-state index is 12.2. The number of rotatable bonds is 8. The van der Waals surface area contributed by atoms with Crippen LogP contribution in [0.2, 0.25) is 0 Å². The summed E-state index contributed by atoms with van der Waals surface area (Å²) in [5.41, 5.74) is 8.02. The number of hydrazine groups is 1. The minimum Gasteiger partial charge on any atom is -0.493 e. The number of para-hydroxylation sites is 1. The van der Waals surface area contributed by atoms with E-state index in [9.17, 15) is 8.78 Å². The average molecular weight is 308 g/mol. The molecule has 0 atom stereocenters. The fourth-order valence-corrected chi connectivity index (χ4v) is 1.86. The summed E-state index contributed by atoms with van der Waals surface area (Å²) in [5.74, 6) is 0.738. The van der Waals surface area contributed by atoms with Crippen LogP contribution in [0.5, 0.6) is 11.5 Å². The van der Waals surface area contributed by atoms with Crippen LogP contribution in [0, 0.1) is 0 Å². The molecular weight excluding hydrogens is 290 g/mol. The highest BCUT2D eigenvalue weighted by Gasteiger charge is 2.09. The highest BCUT2D eigenvalue weighted by atomic mass is 19.3. The van der Waals surface area contributed by atoms with E-state index in [4.69, 9.17) is 9.47 Å². The van der Waals surface area contributed by atoms with Crippen molar-refractivity contribution in [1.82, 2.24) is 5.43 Å². The Morgan fingerprint density at radius 1 is 1.05 bits per heavy atom. The molecule has 0 saturated carbocycles. The normalized spacial score (nSPS) is 10.5. The Kier molecular flexibility index (Phi) is 5.97. The zero-order valence-electron chi connectivity index (χ0n) is 12.2. The molecule has 2 N–H and O–H groups in total. The largest absolute Gasteiger partial charge is 0.493 e. The Balaban J connectivity index is 1.91. The number of hydrogen-bond donors (Lipinski definition) is 2. The van der Waals surface area contributed by atoms with E-state index in [2.05, 4.69) is 10.9 Å². The molecular formula is C16H18F2N2O2. The molecule has 118 valence electrons. The SMILES string of the molecule is COc1cc(CNNc2ccccc2)ccc1OCC(F)F. The number of halogens is 2. The summed E-state index contributed by atoms with van der Waals surface area (Å²) in [6.45, 7) is -0.107. The summed E-state index contributed by atoms with van der Waals surface area (Å²) >= 11 is 0. The van der Waals surface area contributed by atoms with E-state index < -0.39 is 13.0 Å². The van der Waals surface area contributed by atoms with Crippen LogP contribution in [0.1, 0.15) is 5.56 Å². The van der Waals surface area contributed by atoms with E-state index in [0.29, 0.717) is 18.0 Å². The quantitative estimate of drug-likeness (QED) is 0.733. The lowest BCUT2D eigenvalue weighted by Gasteiger charge is -2.13. The van der Waals surface area contributed by atoms with Crippen LogP contribution in [-0.2, 0) is 6.54 Å². The third kappa shape index (κ3) is 4.89. The fourth-order valence-electron chi connectivity index (χ4n) is 1.86. The monoisotopic (exact) mass is 308 g/mol. The second kappa shape index (κ2) is 8.19. The number of anilines is 1. The van der Waals surface area contributed by atoms with Crippen molar-refractivity contribution >= 4 is 5.69 Å². The Hall–Kier alpha value is -2.34. The van der Waals surface area contributed by atoms with Crippen molar-refractivity contribution in [2.75, 3.05) is 19.1 Å². The number of nitrogens with one attached hydrogen (secondary N) is 2. The predicted molar refractivity (Wildman–Crippen MR) is 81.4 cm³/mol. The van der Waals surface area contributed by atoms with Gasteiger partial charge in [0.15, 0.2) is 11.5 Å². The molecule has 2 rings (SSSR count). The van der Waals surface area contributed by atoms with E-state index in [-0.39, 0.29) is 0 Å². The standard InChI is InChI=1S/C16H18F2N2O2/c1-21-15-9-12(7-8-14(15)22-11-16(17)18)10-19-20-13-5-3-2-4-6-13/h2-9,16,19-20H,10-11H2,1H3. The molecule has 2 aromatic rings. The molecule has 0 aliphatic rings. The van der Waals surface area contributed by atoms with Gasteiger partial charge in [-0.2, -0.15) is 0 Å². The molecule has 22 heavy (non-hydrogen) atoms. The minimum absolute atomic E-state index is 0.308. The van der Waals surface area contributed by atoms with Crippen molar-refractivity contribution in [2.24, 2.45) is 0 Å². The third-order valence-electron chi connectivity index (χ3n) is 2.89. The van der Waals surface area contributed by atoms with Crippen molar-refractivity contribution in [2.45, 2.75) is 13.0 Å². The maximum Gasteiger partial charge on any atom is 0.272 e. The van der Waals surface area contributed by atoms with Gasteiger partial charge in [0.1, 0.15) is 6.61 Å². The van der Waals surface area contributed by atoms with Crippen molar-refractivity contribution in [3.8, 4) is 11.5 Å². The van der Waals surface area contributed by atoms with Crippen molar-refractivity contribution in [3.63, 3.8) is 0 Å². The molecule has 0 heterocycles. The summed E-state index contributed by atoms with van der Waals surface area (Å²) in [6, 6.07) is 14.9. The Morgan fingerprint density at radius 3 is 2.50 bits per heavy atom. The number of hydrogen-bond acceptors (Lipinski definition) is 4. The molecule has 6 heteroatoms. The summed E-state index contributed by atoms with van der Waals surface area (Å²) in [6.07, 6.45) is -2.51. The Labute approximate surface area is 128 Å². The lowest BCUT2D eigenvalue weighted by Crippen LogP contribution is -2.20. The maximum atomic E-state index is 12.2. The van der Waals surface area contributed by atoms with Gasteiger partial charge in [-0.3, -0.25) is 0 Å². The molecule has 0 fully saturated rings. The zero-order chi connectivity index (χ0) is 15.8. The molecule has 0 saturated heterocycles. The van der Waals surface area contributed by atoms with Gasteiger partial charge in [0.2, 0.25) is 0 Å². The molecule has 2 aromatic carbocycles. The summed E-state index contributed by atoms with van der Waals surface area (Å²) in [5, 5.41) is 0. The Morgan fingerprint density at radius 2 is 1.82 bits per heavy atom. The van der Waals surface area contributed by atoms with Crippen LogP contribution in [0.4, 0.5) is 14.5 Å². The molecule has 0 spiro atoms. The first kappa shape index (κ1) is 16.0. The zero-order valence-corrected chi connectivity index (χ0v) is 12.2. The minimum atomic E-state index is -2.51. The van der Waals surface area contributed by atoms with E-state index in [0.717, 1.165) is 11.3 Å². The summed E-state index contributed by atoms with van der Waals surface area (Å²) < 4.78 is 34.5. The summed E-state index contributed by atoms with van der Waals surface area (Å²) in [4.78, 5) is 0. The van der Waals surface area contributed by atoms with Crippen LogP contribution in [-0.4, -0.2) is 20.1 Å². The average Bonchev–Trinajstić information content (AvgIpc) is 2.54. The van der Waals surface area contributed by atoms with Gasteiger partial charge >= 0.3 is 0 Å². The van der Waals surface area contributed by atoms with Gasteiger partial charge in [0.05, 0.1) is 7.11 Å². The van der Waals surface area contributed by atoms with Gasteiger partial charge in [0.25, 0.3) is 6.43 Å². The molecule has 4 nitrogen and oxygen atoms in total. The van der Waals surface area contributed by atoms with Crippen molar-refractivity contribution < 1.29 is 18.3 Å². The first-order chi connectivity index (χ1) is 10.7. The van der Waals surface area contributed by atoms with E-state index >= 15 is 0 Å². The molecule has 0 aromatic heterocycles. The number of methoxy groups -OCH3 is 1. The first-order valence-corrected chi connectivity index (χ1v) is 6.81. The van der Waals surface area contributed by atoms with Gasteiger partial charge < -0.3 is 14.9 Å². The number of ether oxygens (including phenoxy) is 2. The topological polar surface area (TPSA) is 42.5 Å². The Bertz CT molecular complexity index is 580. The van der Waals surface area contributed by atoms with Gasteiger partial charge in [-0.15, -0.1) is 0 Å². The highest BCUT2D eigenvalue weighted by molar-refractivity contribution is 5.44. The first-order valence-electron chi connectivity index (χ1n) is 6.81. The molecule has 0 aliphatic carbocycles. The lowest BCUT2D eigenvalue weighted by molar-refractivity contribution is 0.0804. The molecule has 0 aliphatic heterocycles. The van der Waals surface area contributed by atoms with E-state index in [1.54, 1.807) is 18.2 Å². The van der Waals surface area contributed by atoms with Crippen LogP contribution in [0.3, 0.4) is 0 Å². The van der Waals surface area contributed by atoms with Gasteiger partial charge in [-0.05, 0) is 29.8 Å². The number of alkyl halides is 2. The van der Waals surface area contributed by atoms with E-state index in [1.807, 2.05) is 30.3 Å². The molecule has 0 radical (unpaired) electrons. The van der Waals surface area contributed by atoms with Gasteiger partial charge in [0, 0.05) is 12.2 Å². The molecule has 0 amide bonds. The van der Waals surface area contributed by atoms with Gasteiger partial charge in [-0.1, -0.05) is 24.3 Å². The molecule has 0 bridgehead atoms. The smallest absolute Gasteiger partial charge is 0.272 e. The van der Waals surface area contributed by atoms with Crippen LogP contribution >= 0.6 is 0 Å². The second-order valence-electron chi connectivity index (χ2n) is 4.53. The predicted octanol–water partition coefficient (Wildman–Crippen LogP) is 3.46. The third-order valence-corrected chi connectivity index (χ3v) is 2.89. The van der Waals surface area contributed by atoms with Crippen LogP contribution in [0.25, 0.3) is 0 Å². The van der Waals surface area contributed by atoms with Crippen molar-refractivity contribution in [1.29, 1.82) is 0 Å². The fraction of sp³-hybridized carbons (Fsp3) is 0.250. The lowest BCUT2D eigenvalue weighted by atomic mass is 10.2. The second-order valence-corrected chi connectivity index (χ2v) is 4.53. The summed E-state index contributed by atoms with van der Waals surface area (Å²) in [7, 11) is 1.48. The van der Waals surface area contributed by atoms with Crippen LogP contribution in [0.15, 0.2) is 48.5 Å². The number of benzene rings is 2. The van der Waals surface area contributed by atoms with Gasteiger partial charge in [-0.25, -0.2) is 14.2 Å². The van der Waals surface area contributed by atoms with Crippen LogP contribution < -0.4 is 20.3 Å². The highest BCUT2D eigenvalue weighted by Crippen LogP contribution is 2.28. The molecule has 0 unspecified atom stereocenters. The van der Waals surface area contributed by atoms with E-state index in [1.165, 1.54) is 7.11 Å². The van der Waals surface area contributed by atoms with Crippen molar-refractivity contribution in [3.05, 3.63) is 54.1 Å².